The molecular weight excluding hydrogens is 324 g/mol. The topological polar surface area (TPSA) is 114 Å². The van der Waals surface area contributed by atoms with Gasteiger partial charge in [0.2, 0.25) is 0 Å². The lowest BCUT2D eigenvalue weighted by molar-refractivity contribution is -0.136. The van der Waals surface area contributed by atoms with Crippen LogP contribution in [0.4, 0.5) is 0 Å². The van der Waals surface area contributed by atoms with Crippen LogP contribution in [-0.2, 0) is 19.4 Å². The molecule has 9 heteroatoms. The third kappa shape index (κ3) is 4.19. The van der Waals surface area contributed by atoms with Crippen molar-refractivity contribution < 1.29 is 22.7 Å². The summed E-state index contributed by atoms with van der Waals surface area (Å²) in [4.78, 5) is 39.1. The summed E-state index contributed by atoms with van der Waals surface area (Å²) in [5.41, 5.74) is -0.786. The Labute approximate surface area is 133 Å². The number of hydrogen-bond donors (Lipinski definition) is 1. The fourth-order valence-electron chi connectivity index (χ4n) is 2.53. The molecule has 1 N–H and O–H groups in total. The summed E-state index contributed by atoms with van der Waals surface area (Å²) in [6.07, 6.45) is 1.76. The van der Waals surface area contributed by atoms with E-state index < -0.39 is 39.9 Å². The van der Waals surface area contributed by atoms with E-state index in [2.05, 4.69) is 4.98 Å². The van der Waals surface area contributed by atoms with Crippen LogP contribution in [0.2, 0.25) is 0 Å². The minimum Gasteiger partial charge on any atom is -0.452 e. The zero-order valence-corrected chi connectivity index (χ0v) is 13.5. The average Bonchev–Trinajstić information content (AvgIpc) is 2.86. The predicted molar refractivity (Wildman–Crippen MR) is 81.8 cm³/mol. The number of sulfone groups is 1. The van der Waals surface area contributed by atoms with Crippen LogP contribution in [0.5, 0.6) is 0 Å². The lowest BCUT2D eigenvalue weighted by atomic mass is 10.2. The minimum absolute atomic E-state index is 0.0562. The molecular formula is C14H18N2O6S. The quantitative estimate of drug-likeness (QED) is 0.726. The summed E-state index contributed by atoms with van der Waals surface area (Å²) in [5, 5.41) is 0. The summed E-state index contributed by atoms with van der Waals surface area (Å²) in [6, 6.07) is 2.38. The molecule has 0 saturated carbocycles. The smallest absolute Gasteiger partial charge is 0.344 e. The van der Waals surface area contributed by atoms with E-state index in [-0.39, 0.29) is 17.1 Å². The molecule has 1 unspecified atom stereocenters. The molecule has 1 aromatic heterocycles. The standard InChI is InChI=1S/C14H18N2O6S/c1-2-16(10-5-7-23(20,21)9-10)12(17)8-22-14(19)11-4-3-6-15-13(11)18/h3-4,6,10H,2,5,7-9H2,1H3,(H,15,18). The predicted octanol–water partition coefficient (Wildman–Crippen LogP) is -0.433. The number of esters is 1. The van der Waals surface area contributed by atoms with Crippen LogP contribution in [0.25, 0.3) is 0 Å². The van der Waals surface area contributed by atoms with Crippen molar-refractivity contribution in [1.82, 2.24) is 9.88 Å². The van der Waals surface area contributed by atoms with Gasteiger partial charge in [0, 0.05) is 18.8 Å². The van der Waals surface area contributed by atoms with Gasteiger partial charge in [-0.1, -0.05) is 0 Å². The molecule has 8 nitrogen and oxygen atoms in total. The maximum atomic E-state index is 12.2. The molecule has 1 aliphatic rings. The first-order valence-electron chi connectivity index (χ1n) is 7.19. The Morgan fingerprint density at radius 1 is 1.43 bits per heavy atom. The first kappa shape index (κ1) is 17.2. The Morgan fingerprint density at radius 3 is 2.74 bits per heavy atom. The third-order valence-electron chi connectivity index (χ3n) is 3.68. The van der Waals surface area contributed by atoms with Gasteiger partial charge < -0.3 is 14.6 Å². The van der Waals surface area contributed by atoms with Crippen LogP contribution in [0.3, 0.4) is 0 Å². The zero-order chi connectivity index (χ0) is 17.0. The number of rotatable bonds is 5. The number of aromatic amines is 1. The summed E-state index contributed by atoms with van der Waals surface area (Å²) in [7, 11) is -3.11. The SMILES string of the molecule is CCN(C(=O)COC(=O)c1ccc[nH]c1=O)C1CCS(=O)(=O)C1. The highest BCUT2D eigenvalue weighted by atomic mass is 32.2. The number of likely N-dealkylation sites (N-methyl/N-ethyl adjacent to an activating group) is 1. The number of nitrogens with zero attached hydrogens (tertiary/aromatic N) is 1. The molecule has 23 heavy (non-hydrogen) atoms. The van der Waals surface area contributed by atoms with E-state index in [9.17, 15) is 22.8 Å². The van der Waals surface area contributed by atoms with E-state index in [1.54, 1.807) is 6.92 Å². The highest BCUT2D eigenvalue weighted by Gasteiger charge is 2.34. The van der Waals surface area contributed by atoms with Gasteiger partial charge in [-0.05, 0) is 25.5 Å². The van der Waals surface area contributed by atoms with E-state index in [1.807, 2.05) is 0 Å². The highest BCUT2D eigenvalue weighted by molar-refractivity contribution is 7.91. The summed E-state index contributed by atoms with van der Waals surface area (Å²) in [5.74, 6) is -1.38. The summed E-state index contributed by atoms with van der Waals surface area (Å²) < 4.78 is 27.9. The van der Waals surface area contributed by atoms with Crippen molar-refractivity contribution in [2.75, 3.05) is 24.7 Å². The van der Waals surface area contributed by atoms with E-state index in [1.165, 1.54) is 23.2 Å². The fraction of sp³-hybridized carbons (Fsp3) is 0.500. The van der Waals surface area contributed by atoms with Crippen molar-refractivity contribution in [3.05, 3.63) is 34.2 Å². The van der Waals surface area contributed by atoms with Gasteiger partial charge in [0.25, 0.3) is 11.5 Å². The number of carbonyl (C=O) groups excluding carboxylic acids is 2. The minimum atomic E-state index is -3.11. The fourth-order valence-corrected chi connectivity index (χ4v) is 4.26. The summed E-state index contributed by atoms with van der Waals surface area (Å²) in [6.45, 7) is 1.52. The maximum absolute atomic E-state index is 12.2. The molecule has 1 aromatic rings. The Morgan fingerprint density at radius 2 is 2.17 bits per heavy atom. The number of pyridine rings is 1. The van der Waals surface area contributed by atoms with Gasteiger partial charge in [-0.25, -0.2) is 13.2 Å². The van der Waals surface area contributed by atoms with Gasteiger partial charge in [-0.2, -0.15) is 0 Å². The van der Waals surface area contributed by atoms with E-state index >= 15 is 0 Å². The molecule has 126 valence electrons. The molecule has 0 radical (unpaired) electrons. The second kappa shape index (κ2) is 6.95. The Bertz CT molecular complexity index is 755. The van der Waals surface area contributed by atoms with Crippen molar-refractivity contribution >= 4 is 21.7 Å². The first-order valence-corrected chi connectivity index (χ1v) is 9.01. The van der Waals surface area contributed by atoms with E-state index in [0.717, 1.165) is 0 Å². The van der Waals surface area contributed by atoms with Crippen molar-refractivity contribution in [3.8, 4) is 0 Å². The molecule has 2 rings (SSSR count). The molecule has 0 spiro atoms. The lowest BCUT2D eigenvalue weighted by Gasteiger charge is -2.26. The van der Waals surface area contributed by atoms with Gasteiger partial charge in [0.1, 0.15) is 5.56 Å². The van der Waals surface area contributed by atoms with Crippen LogP contribution in [0.1, 0.15) is 23.7 Å². The molecule has 1 saturated heterocycles. The Hall–Kier alpha value is -2.16. The number of nitrogens with one attached hydrogen (secondary N) is 1. The molecule has 1 amide bonds. The molecule has 2 heterocycles. The van der Waals surface area contributed by atoms with Gasteiger partial charge in [0.15, 0.2) is 16.4 Å². The first-order chi connectivity index (χ1) is 10.8. The van der Waals surface area contributed by atoms with Gasteiger partial charge >= 0.3 is 5.97 Å². The zero-order valence-electron chi connectivity index (χ0n) is 12.6. The number of hydrogen-bond acceptors (Lipinski definition) is 6. The Kier molecular flexibility index (Phi) is 5.19. The summed E-state index contributed by atoms with van der Waals surface area (Å²) >= 11 is 0. The van der Waals surface area contributed by atoms with E-state index in [0.29, 0.717) is 13.0 Å². The number of ether oxygens (including phenoxy) is 1. The molecule has 1 aliphatic heterocycles. The number of amides is 1. The lowest BCUT2D eigenvalue weighted by Crippen LogP contribution is -2.43. The van der Waals surface area contributed by atoms with Gasteiger partial charge in [-0.3, -0.25) is 9.59 Å². The molecule has 1 atom stereocenters. The normalized spacial score (nSPS) is 19.3. The van der Waals surface area contributed by atoms with Crippen LogP contribution in [0.15, 0.2) is 23.1 Å². The molecule has 0 bridgehead atoms. The van der Waals surface area contributed by atoms with Crippen molar-refractivity contribution in [2.24, 2.45) is 0 Å². The molecule has 0 aliphatic carbocycles. The monoisotopic (exact) mass is 342 g/mol. The van der Waals surface area contributed by atoms with Gasteiger partial charge in [-0.15, -0.1) is 0 Å². The second-order valence-corrected chi connectivity index (χ2v) is 7.45. The maximum Gasteiger partial charge on any atom is 0.344 e. The third-order valence-corrected chi connectivity index (χ3v) is 5.43. The Balaban J connectivity index is 1.97. The van der Waals surface area contributed by atoms with E-state index in [4.69, 9.17) is 4.74 Å². The number of carbonyl (C=O) groups is 2. The highest BCUT2D eigenvalue weighted by Crippen LogP contribution is 2.17. The molecule has 0 aromatic carbocycles. The second-order valence-electron chi connectivity index (χ2n) is 5.23. The van der Waals surface area contributed by atoms with Crippen LogP contribution >= 0.6 is 0 Å². The van der Waals surface area contributed by atoms with Crippen LogP contribution in [0, 0.1) is 0 Å². The average molecular weight is 342 g/mol. The van der Waals surface area contributed by atoms with Crippen molar-refractivity contribution in [3.63, 3.8) is 0 Å². The number of aromatic nitrogens is 1. The largest absolute Gasteiger partial charge is 0.452 e. The van der Waals surface area contributed by atoms with Crippen molar-refractivity contribution in [1.29, 1.82) is 0 Å². The molecule has 1 fully saturated rings. The van der Waals surface area contributed by atoms with Crippen LogP contribution < -0.4 is 5.56 Å². The van der Waals surface area contributed by atoms with Crippen LogP contribution in [-0.4, -0.2) is 60.9 Å². The van der Waals surface area contributed by atoms with Crippen molar-refractivity contribution in [2.45, 2.75) is 19.4 Å². The number of H-pyrrole nitrogens is 1. The van der Waals surface area contributed by atoms with Gasteiger partial charge in [0.05, 0.1) is 11.5 Å².